The van der Waals surface area contributed by atoms with Crippen LogP contribution in [0.3, 0.4) is 0 Å². The van der Waals surface area contributed by atoms with Gasteiger partial charge in [0.05, 0.1) is 23.2 Å². The number of amides is 1. The van der Waals surface area contributed by atoms with Gasteiger partial charge in [0, 0.05) is 17.7 Å². The maximum Gasteiger partial charge on any atom is 0.267 e. The maximum atomic E-state index is 12.2. The number of hydrogen-bond donors (Lipinski definition) is 2. The summed E-state index contributed by atoms with van der Waals surface area (Å²) in [7, 11) is 0. The van der Waals surface area contributed by atoms with E-state index in [2.05, 4.69) is 20.7 Å². The molecular formula is C21H25N5O2S. The number of aromatic nitrogens is 3. The smallest absolute Gasteiger partial charge is 0.267 e. The van der Waals surface area contributed by atoms with Gasteiger partial charge in [0.1, 0.15) is 5.69 Å². The summed E-state index contributed by atoms with van der Waals surface area (Å²) >= 11 is 1.35. The lowest BCUT2D eigenvalue weighted by Crippen LogP contribution is -2.32. The van der Waals surface area contributed by atoms with E-state index in [9.17, 15) is 9.59 Å². The van der Waals surface area contributed by atoms with Gasteiger partial charge >= 0.3 is 0 Å². The molecule has 0 spiro atoms. The molecule has 0 aliphatic heterocycles. The first-order valence-corrected chi connectivity index (χ1v) is 10.4. The van der Waals surface area contributed by atoms with Crippen molar-refractivity contribution in [2.75, 3.05) is 11.9 Å². The number of thiazole rings is 1. The van der Waals surface area contributed by atoms with E-state index in [0.29, 0.717) is 10.8 Å². The molecule has 7 nitrogen and oxygen atoms in total. The topological polar surface area (TPSA) is 88.9 Å². The van der Waals surface area contributed by atoms with Crippen LogP contribution >= 0.6 is 11.3 Å². The lowest BCUT2D eigenvalue weighted by atomic mass is 10.1. The summed E-state index contributed by atoms with van der Waals surface area (Å²) < 4.78 is 1.45. The van der Waals surface area contributed by atoms with Gasteiger partial charge in [-0.25, -0.2) is 9.67 Å². The summed E-state index contributed by atoms with van der Waals surface area (Å²) in [4.78, 5) is 29.8. The number of carbonyl (C=O) groups excluding carboxylic acids is 1. The summed E-state index contributed by atoms with van der Waals surface area (Å²) in [5.41, 5.74) is 2.14. The van der Waals surface area contributed by atoms with Gasteiger partial charge in [-0.2, -0.15) is 5.10 Å². The lowest BCUT2D eigenvalue weighted by molar-refractivity contribution is -0.115. The first-order chi connectivity index (χ1) is 13.8. The summed E-state index contributed by atoms with van der Waals surface area (Å²) in [6.45, 7) is 8.01. The zero-order valence-corrected chi connectivity index (χ0v) is 17.8. The molecule has 0 fully saturated rings. The third-order valence-corrected chi connectivity index (χ3v) is 5.13. The number of carbonyl (C=O) groups is 1. The maximum absolute atomic E-state index is 12.2. The van der Waals surface area contributed by atoms with Crippen LogP contribution in [0.5, 0.6) is 0 Å². The van der Waals surface area contributed by atoms with Gasteiger partial charge in [-0.15, -0.1) is 0 Å². The Bertz CT molecular complexity index is 1040. The first kappa shape index (κ1) is 20.9. The average molecular weight is 412 g/mol. The highest BCUT2D eigenvalue weighted by atomic mass is 32.1. The largest absolute Gasteiger partial charge is 0.306 e. The monoisotopic (exact) mass is 411 g/mol. The Kier molecular flexibility index (Phi) is 6.56. The normalized spacial score (nSPS) is 11.2. The van der Waals surface area contributed by atoms with Crippen molar-refractivity contribution in [1.29, 1.82) is 0 Å². The second kappa shape index (κ2) is 9.11. The second-order valence-corrected chi connectivity index (χ2v) is 8.24. The predicted octanol–water partition coefficient (Wildman–Crippen LogP) is 3.55. The number of rotatable bonds is 7. The van der Waals surface area contributed by atoms with Crippen LogP contribution in [-0.4, -0.2) is 33.3 Å². The van der Waals surface area contributed by atoms with E-state index in [1.807, 2.05) is 58.0 Å². The molecule has 0 atom stereocenters. The fourth-order valence-corrected chi connectivity index (χ4v) is 3.68. The Morgan fingerprint density at radius 2 is 1.83 bits per heavy atom. The predicted molar refractivity (Wildman–Crippen MR) is 117 cm³/mol. The fourth-order valence-electron chi connectivity index (χ4n) is 2.72. The highest BCUT2D eigenvalue weighted by Gasteiger charge is 2.18. The molecule has 0 aliphatic rings. The van der Waals surface area contributed by atoms with Crippen molar-refractivity contribution < 1.29 is 4.79 Å². The summed E-state index contributed by atoms with van der Waals surface area (Å²) in [5.74, 6) is -0.154. The highest BCUT2D eigenvalue weighted by molar-refractivity contribution is 7.19. The van der Waals surface area contributed by atoms with Crippen LogP contribution in [0.4, 0.5) is 5.13 Å². The number of hydrogen-bond acceptors (Lipinski definition) is 6. The molecule has 1 amide bonds. The summed E-state index contributed by atoms with van der Waals surface area (Å²) in [6.07, 6.45) is 0. The van der Waals surface area contributed by atoms with Crippen molar-refractivity contribution in [1.82, 2.24) is 20.1 Å². The van der Waals surface area contributed by atoms with Gasteiger partial charge in [-0.1, -0.05) is 55.5 Å². The second-order valence-electron chi connectivity index (χ2n) is 7.24. The van der Waals surface area contributed by atoms with Crippen LogP contribution in [0.15, 0.2) is 47.3 Å². The van der Waals surface area contributed by atoms with E-state index in [1.54, 1.807) is 6.07 Å². The molecular weight excluding hydrogens is 386 g/mol. The third-order valence-electron chi connectivity index (χ3n) is 4.14. The number of nitrogens with zero attached hydrogens (tertiary/aromatic N) is 3. The molecule has 0 aliphatic carbocycles. The fraction of sp³-hybridized carbons (Fsp3) is 0.333. The minimum atomic E-state index is -0.154. The van der Waals surface area contributed by atoms with Crippen LogP contribution in [0, 0.1) is 0 Å². The molecule has 0 unspecified atom stereocenters. The SMILES string of the molecule is CC(C)NCC(=O)Nc1nc(-c2ccccc2)c(-c2ccc(=O)n(C(C)C)n2)s1. The first-order valence-electron chi connectivity index (χ1n) is 9.55. The van der Waals surface area contributed by atoms with E-state index in [1.165, 1.54) is 22.1 Å². The lowest BCUT2D eigenvalue weighted by Gasteiger charge is -2.09. The van der Waals surface area contributed by atoms with Gasteiger partial charge in [0.15, 0.2) is 5.13 Å². The molecule has 8 heteroatoms. The van der Waals surface area contributed by atoms with E-state index in [4.69, 9.17) is 0 Å². The molecule has 2 heterocycles. The third kappa shape index (κ3) is 5.16. The molecule has 1 aromatic carbocycles. The molecule has 3 rings (SSSR count). The number of nitrogens with one attached hydrogen (secondary N) is 2. The molecule has 152 valence electrons. The Morgan fingerprint density at radius 1 is 1.10 bits per heavy atom. The Labute approximate surface area is 173 Å². The van der Waals surface area contributed by atoms with Crippen molar-refractivity contribution in [3.05, 3.63) is 52.8 Å². The zero-order chi connectivity index (χ0) is 21.0. The minimum Gasteiger partial charge on any atom is -0.306 e. The van der Waals surface area contributed by atoms with Crippen molar-refractivity contribution in [3.8, 4) is 21.8 Å². The van der Waals surface area contributed by atoms with Crippen LogP contribution in [0.1, 0.15) is 33.7 Å². The van der Waals surface area contributed by atoms with Crippen molar-refractivity contribution in [2.24, 2.45) is 0 Å². The van der Waals surface area contributed by atoms with E-state index < -0.39 is 0 Å². The molecule has 3 aromatic rings. The Hall–Kier alpha value is -2.84. The molecule has 0 saturated carbocycles. The average Bonchev–Trinajstić information content (AvgIpc) is 3.11. The van der Waals surface area contributed by atoms with Gasteiger partial charge in [0.2, 0.25) is 5.91 Å². The van der Waals surface area contributed by atoms with Crippen molar-refractivity contribution in [2.45, 2.75) is 39.8 Å². The Morgan fingerprint density at radius 3 is 2.48 bits per heavy atom. The van der Waals surface area contributed by atoms with E-state index >= 15 is 0 Å². The van der Waals surface area contributed by atoms with Gasteiger partial charge in [-0.3, -0.25) is 9.59 Å². The quantitative estimate of drug-likeness (QED) is 0.621. The van der Waals surface area contributed by atoms with Crippen molar-refractivity contribution in [3.63, 3.8) is 0 Å². The van der Waals surface area contributed by atoms with Crippen LogP contribution in [0.25, 0.3) is 21.8 Å². The van der Waals surface area contributed by atoms with Gasteiger partial charge in [0.25, 0.3) is 5.56 Å². The molecule has 0 bridgehead atoms. The molecule has 0 saturated heterocycles. The Balaban J connectivity index is 2.01. The standard InChI is InChI=1S/C21H25N5O2S/c1-13(2)22-12-17(27)23-21-24-19(15-8-6-5-7-9-15)20(29-21)16-10-11-18(28)26(25-16)14(3)4/h5-11,13-14,22H,12H2,1-4H3,(H,23,24,27). The molecule has 2 aromatic heterocycles. The molecule has 0 radical (unpaired) electrons. The number of benzene rings is 1. The zero-order valence-electron chi connectivity index (χ0n) is 17.0. The van der Waals surface area contributed by atoms with Crippen LogP contribution in [0.2, 0.25) is 0 Å². The van der Waals surface area contributed by atoms with Crippen LogP contribution < -0.4 is 16.2 Å². The summed E-state index contributed by atoms with van der Waals surface area (Å²) in [5, 5.41) is 11.0. The molecule has 29 heavy (non-hydrogen) atoms. The summed E-state index contributed by atoms with van der Waals surface area (Å²) in [6, 6.07) is 13.1. The van der Waals surface area contributed by atoms with Gasteiger partial charge < -0.3 is 10.6 Å². The van der Waals surface area contributed by atoms with Crippen molar-refractivity contribution >= 4 is 22.4 Å². The van der Waals surface area contributed by atoms with E-state index in [0.717, 1.165) is 16.1 Å². The van der Waals surface area contributed by atoms with Crippen LogP contribution in [-0.2, 0) is 4.79 Å². The minimum absolute atomic E-state index is 0.0585. The number of anilines is 1. The highest BCUT2D eigenvalue weighted by Crippen LogP contribution is 2.37. The van der Waals surface area contributed by atoms with E-state index in [-0.39, 0.29) is 30.1 Å². The molecule has 2 N–H and O–H groups in total. The van der Waals surface area contributed by atoms with Gasteiger partial charge in [-0.05, 0) is 19.9 Å².